The normalized spacial score (nSPS) is 10.9. The lowest BCUT2D eigenvalue weighted by molar-refractivity contribution is 0.938. The van der Waals surface area contributed by atoms with Crippen LogP contribution < -0.4 is 5.56 Å². The predicted octanol–water partition coefficient (Wildman–Crippen LogP) is 3.16. The molecule has 7 heteroatoms. The van der Waals surface area contributed by atoms with E-state index < -0.39 is 0 Å². The van der Waals surface area contributed by atoms with Gasteiger partial charge in [0.05, 0.1) is 11.2 Å². The first-order valence-electron chi connectivity index (χ1n) is 5.01. The van der Waals surface area contributed by atoms with Crippen LogP contribution in [0.2, 0.25) is 5.02 Å². The summed E-state index contributed by atoms with van der Waals surface area (Å²) in [4.78, 5) is 20.0. The highest BCUT2D eigenvalue weighted by atomic mass is 35.5. The zero-order valence-electron chi connectivity index (χ0n) is 8.88. The zero-order valence-corrected chi connectivity index (χ0v) is 11.3. The summed E-state index contributed by atoms with van der Waals surface area (Å²) in [5.41, 5.74) is 2.45. The summed E-state index contributed by atoms with van der Waals surface area (Å²) in [6.07, 6.45) is 0. The molecule has 2 heterocycles. The number of thiazole rings is 1. The number of benzene rings is 1. The molecule has 0 saturated carbocycles. The molecule has 0 saturated heterocycles. The quantitative estimate of drug-likeness (QED) is 0.702. The van der Waals surface area contributed by atoms with Crippen LogP contribution in [0.25, 0.3) is 16.0 Å². The van der Waals surface area contributed by atoms with Crippen molar-refractivity contribution >= 4 is 45.5 Å². The van der Waals surface area contributed by atoms with E-state index in [9.17, 15) is 4.79 Å². The van der Waals surface area contributed by atoms with E-state index in [4.69, 9.17) is 23.8 Å². The van der Waals surface area contributed by atoms with Crippen molar-refractivity contribution in [2.24, 2.45) is 0 Å². The standard InChI is InChI=1S/C11H6ClN3OS2/c12-6-1-3-7(4-2-6)15-10(16)8-9(14-11(15)17)18-5-13-8/h1-5H,(H,14,17). The van der Waals surface area contributed by atoms with Gasteiger partial charge in [-0.2, -0.15) is 0 Å². The summed E-state index contributed by atoms with van der Waals surface area (Å²) in [6.45, 7) is 0. The van der Waals surface area contributed by atoms with Gasteiger partial charge in [0, 0.05) is 5.02 Å². The Labute approximate surface area is 116 Å². The molecule has 3 aromatic rings. The van der Waals surface area contributed by atoms with E-state index in [2.05, 4.69) is 9.97 Å². The first-order chi connectivity index (χ1) is 8.66. The van der Waals surface area contributed by atoms with Crippen LogP contribution in [0, 0.1) is 4.77 Å². The predicted molar refractivity (Wildman–Crippen MR) is 75.4 cm³/mol. The number of hydrogen-bond donors (Lipinski definition) is 1. The van der Waals surface area contributed by atoms with Crippen molar-refractivity contribution in [2.45, 2.75) is 0 Å². The van der Waals surface area contributed by atoms with Gasteiger partial charge in [-0.3, -0.25) is 9.36 Å². The summed E-state index contributed by atoms with van der Waals surface area (Å²) >= 11 is 12.4. The smallest absolute Gasteiger partial charge is 0.286 e. The third-order valence-electron chi connectivity index (χ3n) is 2.48. The Balaban J connectivity index is 2.38. The average molecular weight is 296 g/mol. The van der Waals surface area contributed by atoms with Gasteiger partial charge in [0.1, 0.15) is 4.83 Å². The molecule has 90 valence electrons. The van der Waals surface area contributed by atoms with Crippen molar-refractivity contribution in [2.75, 3.05) is 0 Å². The van der Waals surface area contributed by atoms with Gasteiger partial charge < -0.3 is 4.98 Å². The lowest BCUT2D eigenvalue weighted by atomic mass is 10.3. The Kier molecular flexibility index (Phi) is 2.77. The number of aromatic amines is 1. The molecule has 2 aromatic heterocycles. The zero-order chi connectivity index (χ0) is 12.7. The van der Waals surface area contributed by atoms with Crippen molar-refractivity contribution in [1.29, 1.82) is 0 Å². The molecule has 1 N–H and O–H groups in total. The fourth-order valence-electron chi connectivity index (χ4n) is 1.66. The molecule has 1 aromatic carbocycles. The highest BCUT2D eigenvalue weighted by Crippen LogP contribution is 2.15. The van der Waals surface area contributed by atoms with Crippen molar-refractivity contribution in [1.82, 2.24) is 14.5 Å². The number of aromatic nitrogens is 3. The number of H-pyrrole nitrogens is 1. The lowest BCUT2D eigenvalue weighted by Crippen LogP contribution is -2.20. The largest absolute Gasteiger partial charge is 0.322 e. The molecule has 4 nitrogen and oxygen atoms in total. The fraction of sp³-hybridized carbons (Fsp3) is 0. The third-order valence-corrected chi connectivity index (χ3v) is 3.76. The van der Waals surface area contributed by atoms with Gasteiger partial charge >= 0.3 is 0 Å². The van der Waals surface area contributed by atoms with E-state index in [0.717, 1.165) is 0 Å². The van der Waals surface area contributed by atoms with Crippen LogP contribution in [-0.2, 0) is 0 Å². The highest BCUT2D eigenvalue weighted by Gasteiger charge is 2.09. The van der Waals surface area contributed by atoms with Crippen molar-refractivity contribution in [3.05, 3.63) is 49.9 Å². The molecule has 0 aliphatic rings. The number of hydrogen-bond acceptors (Lipinski definition) is 4. The van der Waals surface area contributed by atoms with Gasteiger partial charge in [-0.15, -0.1) is 11.3 Å². The maximum Gasteiger partial charge on any atom is 0.286 e. The Morgan fingerprint density at radius 2 is 2.06 bits per heavy atom. The monoisotopic (exact) mass is 295 g/mol. The fourth-order valence-corrected chi connectivity index (χ4v) is 2.81. The molecule has 0 spiro atoms. The molecule has 0 bridgehead atoms. The second-order valence-corrected chi connectivity index (χ2v) is 5.26. The van der Waals surface area contributed by atoms with Gasteiger partial charge in [0.15, 0.2) is 10.3 Å². The van der Waals surface area contributed by atoms with Crippen LogP contribution in [0.5, 0.6) is 0 Å². The van der Waals surface area contributed by atoms with Crippen molar-refractivity contribution in [3.8, 4) is 5.69 Å². The second-order valence-electron chi connectivity index (χ2n) is 3.58. The Morgan fingerprint density at radius 1 is 1.33 bits per heavy atom. The highest BCUT2D eigenvalue weighted by molar-refractivity contribution is 7.71. The SMILES string of the molecule is O=c1c2ncsc2[nH]c(=S)n1-c1ccc(Cl)cc1. The number of fused-ring (bicyclic) bond motifs is 1. The number of halogens is 1. The van der Waals surface area contributed by atoms with Crippen LogP contribution >= 0.6 is 35.2 Å². The third kappa shape index (κ3) is 1.78. The average Bonchev–Trinajstić information content (AvgIpc) is 2.80. The van der Waals surface area contributed by atoms with Crippen molar-refractivity contribution in [3.63, 3.8) is 0 Å². The molecule has 18 heavy (non-hydrogen) atoms. The van der Waals surface area contributed by atoms with Gasteiger partial charge in [0.25, 0.3) is 5.56 Å². The van der Waals surface area contributed by atoms with E-state index in [1.807, 2.05) is 0 Å². The van der Waals surface area contributed by atoms with Gasteiger partial charge in [-0.05, 0) is 36.5 Å². The summed E-state index contributed by atoms with van der Waals surface area (Å²) < 4.78 is 1.76. The Morgan fingerprint density at radius 3 is 2.78 bits per heavy atom. The first kappa shape index (κ1) is 11.6. The van der Waals surface area contributed by atoms with Gasteiger partial charge in [-0.1, -0.05) is 11.6 Å². The van der Waals surface area contributed by atoms with Crippen LogP contribution in [-0.4, -0.2) is 14.5 Å². The minimum atomic E-state index is -0.225. The van der Waals surface area contributed by atoms with Crippen LogP contribution in [0.4, 0.5) is 0 Å². The molecule has 0 atom stereocenters. The minimum absolute atomic E-state index is 0.225. The molecule has 0 aliphatic carbocycles. The molecule has 0 aliphatic heterocycles. The molecular weight excluding hydrogens is 290 g/mol. The number of nitrogens with zero attached hydrogens (tertiary/aromatic N) is 2. The van der Waals surface area contributed by atoms with Crippen molar-refractivity contribution < 1.29 is 0 Å². The summed E-state index contributed by atoms with van der Waals surface area (Å²) in [7, 11) is 0. The Bertz CT molecular complexity index is 832. The molecule has 0 fully saturated rings. The van der Waals surface area contributed by atoms with E-state index in [1.165, 1.54) is 15.9 Å². The summed E-state index contributed by atoms with van der Waals surface area (Å²) in [5.74, 6) is 0. The van der Waals surface area contributed by atoms with Gasteiger partial charge in [0.2, 0.25) is 0 Å². The van der Waals surface area contributed by atoms with Gasteiger partial charge in [-0.25, -0.2) is 4.98 Å². The summed E-state index contributed by atoms with van der Waals surface area (Å²) in [6, 6.07) is 6.91. The maximum absolute atomic E-state index is 12.3. The van der Waals surface area contributed by atoms with E-state index in [-0.39, 0.29) is 5.56 Å². The Hall–Kier alpha value is -1.50. The molecule has 0 radical (unpaired) electrons. The molecule has 0 unspecified atom stereocenters. The number of rotatable bonds is 1. The first-order valence-corrected chi connectivity index (χ1v) is 6.68. The minimum Gasteiger partial charge on any atom is -0.322 e. The van der Waals surface area contributed by atoms with E-state index in [0.29, 0.717) is 25.8 Å². The maximum atomic E-state index is 12.3. The topological polar surface area (TPSA) is 50.7 Å². The van der Waals surface area contributed by atoms with E-state index in [1.54, 1.807) is 29.8 Å². The van der Waals surface area contributed by atoms with Crippen LogP contribution in [0.3, 0.4) is 0 Å². The lowest BCUT2D eigenvalue weighted by Gasteiger charge is -2.05. The van der Waals surface area contributed by atoms with Crippen LogP contribution in [0.15, 0.2) is 34.6 Å². The van der Waals surface area contributed by atoms with E-state index >= 15 is 0 Å². The molecule has 0 amide bonds. The summed E-state index contributed by atoms with van der Waals surface area (Å²) in [5, 5.41) is 0.608. The number of nitrogens with one attached hydrogen (secondary N) is 1. The molecular formula is C11H6ClN3OS2. The molecule has 3 rings (SSSR count). The second kappa shape index (κ2) is 4.31. The van der Waals surface area contributed by atoms with Crippen LogP contribution in [0.1, 0.15) is 0 Å².